The van der Waals surface area contributed by atoms with Gasteiger partial charge in [0.25, 0.3) is 0 Å². The molecule has 0 aromatic rings. The summed E-state index contributed by atoms with van der Waals surface area (Å²) in [6.07, 6.45) is 41.6. The molecule has 0 fully saturated rings. The van der Waals surface area contributed by atoms with Crippen molar-refractivity contribution in [1.82, 2.24) is 5.32 Å². The molecule has 0 aromatic heterocycles. The first-order valence-corrected chi connectivity index (χ1v) is 21.5. The zero-order valence-corrected chi connectivity index (χ0v) is 33.0. The minimum absolute atomic E-state index is 0.0880. The number of rotatable bonds is 39. The number of carbonyl (C=O) groups is 3. The van der Waals surface area contributed by atoms with E-state index in [0.29, 0.717) is 38.6 Å². The van der Waals surface area contributed by atoms with Crippen molar-refractivity contribution in [2.45, 2.75) is 238 Å². The number of nitrogens with one attached hydrogen (secondary N) is 1. The number of carbonyl (C=O) groups excluding carboxylic acids is 2. The average molecular weight is 707 g/mol. The minimum atomic E-state index is -1.01. The Morgan fingerprint density at radius 1 is 0.580 bits per heavy atom. The maximum Gasteiger partial charge on any atom is 0.326 e. The first kappa shape index (κ1) is 48.1. The first-order chi connectivity index (χ1) is 24.4. The Hall–Kier alpha value is -1.89. The molecule has 0 spiro atoms. The molecule has 0 aliphatic rings. The largest absolute Gasteiger partial charge is 0.480 e. The Bertz CT molecular complexity index is 802. The van der Waals surface area contributed by atoms with Crippen LogP contribution in [0.3, 0.4) is 0 Å². The van der Waals surface area contributed by atoms with Crippen LogP contribution in [0.4, 0.5) is 0 Å². The second-order valence-corrected chi connectivity index (χ2v) is 14.8. The van der Waals surface area contributed by atoms with Crippen molar-refractivity contribution in [3.63, 3.8) is 0 Å². The van der Waals surface area contributed by atoms with Crippen molar-refractivity contribution in [3.8, 4) is 0 Å². The van der Waals surface area contributed by atoms with Gasteiger partial charge in [-0.15, -0.1) is 0 Å². The van der Waals surface area contributed by atoms with E-state index in [1.165, 1.54) is 128 Å². The zero-order valence-electron chi connectivity index (χ0n) is 33.0. The minimum Gasteiger partial charge on any atom is -0.480 e. The molecule has 0 bridgehead atoms. The molecule has 0 radical (unpaired) electrons. The number of nitrogens with two attached hydrogens (primary N) is 1. The van der Waals surface area contributed by atoms with E-state index in [9.17, 15) is 19.5 Å². The third kappa shape index (κ3) is 34.6. The van der Waals surface area contributed by atoms with Gasteiger partial charge in [0.05, 0.1) is 0 Å². The summed E-state index contributed by atoms with van der Waals surface area (Å²) in [5.41, 5.74) is 5.47. The number of carboxylic acid groups (broad SMARTS) is 1. The van der Waals surface area contributed by atoms with Gasteiger partial charge in [-0.2, -0.15) is 0 Å². The topological polar surface area (TPSA) is 119 Å². The van der Waals surface area contributed by atoms with Gasteiger partial charge in [-0.05, 0) is 64.0 Å². The molecular weight excluding hydrogens is 624 g/mol. The summed E-state index contributed by atoms with van der Waals surface area (Å²) in [4.78, 5) is 36.2. The van der Waals surface area contributed by atoms with Crippen LogP contribution >= 0.6 is 0 Å². The van der Waals surface area contributed by atoms with E-state index in [1.807, 2.05) is 0 Å². The number of allylic oxidation sites excluding steroid dienone is 1. The van der Waals surface area contributed by atoms with Crippen molar-refractivity contribution in [3.05, 3.63) is 12.2 Å². The Morgan fingerprint density at radius 3 is 1.50 bits per heavy atom. The van der Waals surface area contributed by atoms with Crippen LogP contribution in [0.2, 0.25) is 0 Å². The molecule has 2 unspecified atom stereocenters. The fourth-order valence-corrected chi connectivity index (χ4v) is 6.54. The quantitative estimate of drug-likeness (QED) is 0.0332. The highest BCUT2D eigenvalue weighted by molar-refractivity contribution is 5.83. The number of ether oxygens (including phenoxy) is 1. The van der Waals surface area contributed by atoms with Gasteiger partial charge in [-0.3, -0.25) is 9.59 Å². The van der Waals surface area contributed by atoms with Crippen LogP contribution in [0.1, 0.15) is 226 Å². The molecule has 0 aliphatic carbocycles. The van der Waals surface area contributed by atoms with Gasteiger partial charge in [0.15, 0.2) is 0 Å². The van der Waals surface area contributed by atoms with Gasteiger partial charge >= 0.3 is 11.9 Å². The summed E-state index contributed by atoms with van der Waals surface area (Å²) in [6.45, 7) is 4.89. The SMILES string of the molecule is CCCCC/C=C\C(CCCCCCC(=O)NC(CCCN)C(=O)O)OC(=O)CCCCCCCCCCCCCCCCCCCCCC. The van der Waals surface area contributed by atoms with Crippen LogP contribution in [0.5, 0.6) is 0 Å². The molecule has 0 heterocycles. The molecule has 1 amide bonds. The highest BCUT2D eigenvalue weighted by Gasteiger charge is 2.19. The molecule has 0 rings (SSSR count). The van der Waals surface area contributed by atoms with Gasteiger partial charge in [-0.25, -0.2) is 4.79 Å². The van der Waals surface area contributed by atoms with Gasteiger partial charge < -0.3 is 20.9 Å². The van der Waals surface area contributed by atoms with Gasteiger partial charge in [0.1, 0.15) is 12.1 Å². The van der Waals surface area contributed by atoms with Crippen molar-refractivity contribution in [1.29, 1.82) is 0 Å². The predicted octanol–water partition coefficient (Wildman–Crippen LogP) is 11.9. The molecule has 7 heteroatoms. The summed E-state index contributed by atoms with van der Waals surface area (Å²) in [7, 11) is 0. The number of esters is 1. The molecule has 0 saturated carbocycles. The third-order valence-corrected chi connectivity index (χ3v) is 9.82. The first-order valence-electron chi connectivity index (χ1n) is 21.5. The summed E-state index contributed by atoms with van der Waals surface area (Å²) in [5, 5.41) is 11.9. The van der Waals surface area contributed by atoms with E-state index in [2.05, 4.69) is 31.3 Å². The number of carboxylic acids is 1. The van der Waals surface area contributed by atoms with Gasteiger partial charge in [-0.1, -0.05) is 168 Å². The number of unbranched alkanes of at least 4 members (excludes halogenated alkanes) is 25. The standard InChI is InChI=1S/C43H82N2O5/c1-3-5-7-9-10-11-12-13-14-15-16-17-18-19-20-21-22-23-25-31-37-42(47)50-39(33-28-24-8-6-4-2)34-29-26-27-30-36-41(46)45-40(43(48)49)35-32-38-44/h28,33,39-40H,3-27,29-32,34-38,44H2,1-2H3,(H,45,46)(H,48,49)/b33-28-. The summed E-state index contributed by atoms with van der Waals surface area (Å²) in [6, 6.07) is -0.866. The van der Waals surface area contributed by atoms with Crippen LogP contribution in [0.15, 0.2) is 12.2 Å². The Balaban J connectivity index is 3.97. The van der Waals surface area contributed by atoms with Gasteiger partial charge in [0.2, 0.25) is 5.91 Å². The number of hydrogen-bond donors (Lipinski definition) is 3. The van der Waals surface area contributed by atoms with Crippen LogP contribution in [0.25, 0.3) is 0 Å². The fourth-order valence-electron chi connectivity index (χ4n) is 6.54. The molecular formula is C43H82N2O5. The molecule has 50 heavy (non-hydrogen) atoms. The van der Waals surface area contributed by atoms with E-state index in [-0.39, 0.29) is 18.0 Å². The number of amides is 1. The molecule has 0 aromatic carbocycles. The normalized spacial score (nSPS) is 12.7. The number of aliphatic carboxylic acids is 1. The number of hydrogen-bond acceptors (Lipinski definition) is 5. The average Bonchev–Trinajstić information content (AvgIpc) is 3.10. The maximum atomic E-state index is 12.6. The Kier molecular flexibility index (Phi) is 36.9. The van der Waals surface area contributed by atoms with E-state index < -0.39 is 12.0 Å². The monoisotopic (exact) mass is 707 g/mol. The lowest BCUT2D eigenvalue weighted by molar-refractivity contribution is -0.147. The summed E-state index contributed by atoms with van der Waals surface area (Å²) in [5.74, 6) is -1.32. The lowest BCUT2D eigenvalue weighted by Crippen LogP contribution is -2.40. The maximum absolute atomic E-state index is 12.6. The van der Waals surface area contributed by atoms with Crippen LogP contribution in [-0.2, 0) is 19.1 Å². The van der Waals surface area contributed by atoms with Crippen molar-refractivity contribution >= 4 is 17.8 Å². The predicted molar refractivity (Wildman–Crippen MR) is 211 cm³/mol. The summed E-state index contributed by atoms with van der Waals surface area (Å²) >= 11 is 0. The molecule has 0 saturated heterocycles. The van der Waals surface area contributed by atoms with Crippen LogP contribution < -0.4 is 11.1 Å². The van der Waals surface area contributed by atoms with Crippen molar-refractivity contribution < 1.29 is 24.2 Å². The lowest BCUT2D eigenvalue weighted by Gasteiger charge is -2.15. The van der Waals surface area contributed by atoms with Crippen molar-refractivity contribution in [2.75, 3.05) is 6.54 Å². The Morgan fingerprint density at radius 2 is 1.02 bits per heavy atom. The van der Waals surface area contributed by atoms with Gasteiger partial charge in [0, 0.05) is 12.8 Å². The highest BCUT2D eigenvalue weighted by atomic mass is 16.5. The van der Waals surface area contributed by atoms with E-state index >= 15 is 0 Å². The van der Waals surface area contributed by atoms with Crippen LogP contribution in [0, 0.1) is 0 Å². The van der Waals surface area contributed by atoms with E-state index in [1.54, 1.807) is 0 Å². The molecule has 4 N–H and O–H groups in total. The second-order valence-electron chi connectivity index (χ2n) is 14.8. The highest BCUT2D eigenvalue weighted by Crippen LogP contribution is 2.17. The molecule has 2 atom stereocenters. The van der Waals surface area contributed by atoms with Crippen LogP contribution in [-0.4, -0.2) is 41.6 Å². The zero-order chi connectivity index (χ0) is 36.8. The fraction of sp³-hybridized carbons (Fsp3) is 0.884. The third-order valence-electron chi connectivity index (χ3n) is 9.82. The van der Waals surface area contributed by atoms with E-state index in [0.717, 1.165) is 51.4 Å². The van der Waals surface area contributed by atoms with E-state index in [4.69, 9.17) is 10.5 Å². The molecule has 294 valence electrons. The second kappa shape index (κ2) is 38.3. The molecule has 0 aliphatic heterocycles. The molecule has 7 nitrogen and oxygen atoms in total. The smallest absolute Gasteiger partial charge is 0.326 e. The Labute approximate surface area is 309 Å². The van der Waals surface area contributed by atoms with Crippen molar-refractivity contribution in [2.24, 2.45) is 5.73 Å². The lowest BCUT2D eigenvalue weighted by atomic mass is 10.0. The summed E-state index contributed by atoms with van der Waals surface area (Å²) < 4.78 is 5.89.